The Labute approximate surface area is 164 Å². The Morgan fingerprint density at radius 1 is 1.07 bits per heavy atom. The quantitative estimate of drug-likeness (QED) is 0.515. The smallest absolute Gasteiger partial charge is 0.220 e. The molecule has 1 fully saturated rings. The van der Waals surface area contributed by atoms with Gasteiger partial charge in [-0.3, -0.25) is 4.90 Å². The van der Waals surface area contributed by atoms with E-state index in [2.05, 4.69) is 51.3 Å². The van der Waals surface area contributed by atoms with Gasteiger partial charge in [-0.25, -0.2) is 4.68 Å². The Morgan fingerprint density at radius 3 is 2.63 bits per heavy atom. The third-order valence-electron chi connectivity index (χ3n) is 5.04. The van der Waals surface area contributed by atoms with Crippen molar-refractivity contribution in [2.24, 2.45) is 5.10 Å². The molecular formula is C20H24N6S. The number of piperazine rings is 1. The van der Waals surface area contributed by atoms with Crippen molar-refractivity contribution in [2.75, 3.05) is 33.2 Å². The molecule has 2 heterocycles. The maximum absolute atomic E-state index is 5.63. The van der Waals surface area contributed by atoms with E-state index in [1.54, 1.807) is 4.68 Å². The van der Waals surface area contributed by atoms with Crippen LogP contribution in [0.2, 0.25) is 0 Å². The summed E-state index contributed by atoms with van der Waals surface area (Å²) in [4.78, 5) is 4.72. The lowest BCUT2D eigenvalue weighted by Gasteiger charge is -2.31. The lowest BCUT2D eigenvalue weighted by molar-refractivity contribution is 0.118. The molecule has 0 saturated carbocycles. The third kappa shape index (κ3) is 3.85. The van der Waals surface area contributed by atoms with Gasteiger partial charge in [0.15, 0.2) is 5.82 Å². The van der Waals surface area contributed by atoms with Crippen molar-refractivity contribution in [3.8, 4) is 0 Å². The standard InChI is InChI=1S/C20H24N6S/c1-16-22-25(15-24-12-10-23(2)11-13-24)20(27)26(16)21-14-18-8-5-7-17-6-3-4-9-19(17)18/h3-9,14H,10-13,15H2,1-2H3/b21-14+. The van der Waals surface area contributed by atoms with Crippen molar-refractivity contribution in [1.82, 2.24) is 24.3 Å². The van der Waals surface area contributed by atoms with E-state index in [-0.39, 0.29) is 0 Å². The van der Waals surface area contributed by atoms with Gasteiger partial charge < -0.3 is 4.90 Å². The van der Waals surface area contributed by atoms with Gasteiger partial charge in [0.25, 0.3) is 0 Å². The van der Waals surface area contributed by atoms with E-state index in [1.807, 2.05) is 36.0 Å². The summed E-state index contributed by atoms with van der Waals surface area (Å²) in [5.41, 5.74) is 1.07. The van der Waals surface area contributed by atoms with Gasteiger partial charge >= 0.3 is 0 Å². The number of aromatic nitrogens is 3. The van der Waals surface area contributed by atoms with Gasteiger partial charge in [0, 0.05) is 31.7 Å². The summed E-state index contributed by atoms with van der Waals surface area (Å²) in [6.07, 6.45) is 1.87. The zero-order valence-corrected chi connectivity index (χ0v) is 16.6. The van der Waals surface area contributed by atoms with Gasteiger partial charge in [0.2, 0.25) is 4.77 Å². The predicted octanol–water partition coefficient (Wildman–Crippen LogP) is 2.96. The predicted molar refractivity (Wildman–Crippen MR) is 112 cm³/mol. The van der Waals surface area contributed by atoms with E-state index in [4.69, 9.17) is 12.2 Å². The van der Waals surface area contributed by atoms with Crippen LogP contribution < -0.4 is 0 Å². The van der Waals surface area contributed by atoms with Crippen molar-refractivity contribution in [3.05, 3.63) is 58.6 Å². The number of hydrogen-bond donors (Lipinski definition) is 0. The minimum absolute atomic E-state index is 0.628. The molecule has 0 N–H and O–H groups in total. The molecule has 140 valence electrons. The number of aryl methyl sites for hydroxylation is 1. The SMILES string of the molecule is Cc1nn(CN2CCN(C)CC2)c(=S)n1/N=C/c1cccc2ccccc12. The fourth-order valence-corrected chi connectivity index (χ4v) is 3.67. The number of benzene rings is 2. The van der Waals surface area contributed by atoms with Crippen LogP contribution in [-0.2, 0) is 6.67 Å². The molecule has 1 aliphatic heterocycles. The van der Waals surface area contributed by atoms with Crippen LogP contribution in [0.1, 0.15) is 11.4 Å². The second kappa shape index (κ2) is 7.72. The first kappa shape index (κ1) is 18.0. The van der Waals surface area contributed by atoms with E-state index < -0.39 is 0 Å². The monoisotopic (exact) mass is 380 g/mol. The average Bonchev–Trinajstić information content (AvgIpc) is 2.95. The molecule has 1 aliphatic rings. The van der Waals surface area contributed by atoms with Gasteiger partial charge in [-0.1, -0.05) is 42.5 Å². The number of likely N-dealkylation sites (N-methyl/N-ethyl adjacent to an activating group) is 1. The van der Waals surface area contributed by atoms with Crippen LogP contribution in [0.3, 0.4) is 0 Å². The number of hydrogen-bond acceptors (Lipinski definition) is 5. The summed E-state index contributed by atoms with van der Waals surface area (Å²) in [5.74, 6) is 0.797. The fourth-order valence-electron chi connectivity index (χ4n) is 3.39. The van der Waals surface area contributed by atoms with Crippen molar-refractivity contribution in [2.45, 2.75) is 13.6 Å². The molecule has 0 radical (unpaired) electrons. The number of fused-ring (bicyclic) bond motifs is 1. The Kier molecular flexibility index (Phi) is 5.15. The Bertz CT molecular complexity index is 1020. The lowest BCUT2D eigenvalue weighted by Crippen LogP contribution is -2.45. The Hall–Kier alpha value is -2.35. The minimum Gasteiger partial charge on any atom is -0.304 e. The summed E-state index contributed by atoms with van der Waals surface area (Å²) in [7, 11) is 2.16. The molecule has 0 spiro atoms. The zero-order valence-electron chi connectivity index (χ0n) is 15.7. The topological polar surface area (TPSA) is 41.6 Å². The molecule has 1 saturated heterocycles. The first-order chi connectivity index (χ1) is 13.1. The summed E-state index contributed by atoms with van der Waals surface area (Å²) >= 11 is 5.63. The minimum atomic E-state index is 0.628. The molecule has 0 atom stereocenters. The van der Waals surface area contributed by atoms with Gasteiger partial charge in [0.1, 0.15) is 0 Å². The van der Waals surface area contributed by atoms with Crippen LogP contribution in [0.15, 0.2) is 47.6 Å². The summed E-state index contributed by atoms with van der Waals surface area (Å²) in [6.45, 7) is 6.87. The molecular weight excluding hydrogens is 356 g/mol. The third-order valence-corrected chi connectivity index (χ3v) is 5.42. The summed E-state index contributed by atoms with van der Waals surface area (Å²) in [6, 6.07) is 14.5. The second-order valence-electron chi connectivity index (χ2n) is 7.02. The summed E-state index contributed by atoms with van der Waals surface area (Å²) < 4.78 is 4.24. The molecule has 2 aromatic carbocycles. The maximum atomic E-state index is 5.63. The first-order valence-corrected chi connectivity index (χ1v) is 9.62. The molecule has 27 heavy (non-hydrogen) atoms. The van der Waals surface area contributed by atoms with Crippen LogP contribution in [0.25, 0.3) is 10.8 Å². The zero-order chi connectivity index (χ0) is 18.8. The highest BCUT2D eigenvalue weighted by Crippen LogP contribution is 2.17. The van der Waals surface area contributed by atoms with Crippen LogP contribution in [0.5, 0.6) is 0 Å². The number of rotatable bonds is 4. The largest absolute Gasteiger partial charge is 0.304 e. The van der Waals surface area contributed by atoms with Crippen LogP contribution >= 0.6 is 12.2 Å². The van der Waals surface area contributed by atoms with Crippen molar-refractivity contribution < 1.29 is 0 Å². The fraction of sp³-hybridized carbons (Fsp3) is 0.350. The van der Waals surface area contributed by atoms with Crippen molar-refractivity contribution in [1.29, 1.82) is 0 Å². The van der Waals surface area contributed by atoms with Gasteiger partial charge in [-0.15, -0.1) is 0 Å². The first-order valence-electron chi connectivity index (χ1n) is 9.21. The van der Waals surface area contributed by atoms with Crippen molar-refractivity contribution >= 4 is 29.2 Å². The molecule has 7 heteroatoms. The molecule has 4 rings (SSSR count). The molecule has 1 aromatic heterocycles. The van der Waals surface area contributed by atoms with Crippen LogP contribution in [0.4, 0.5) is 0 Å². The van der Waals surface area contributed by atoms with E-state index >= 15 is 0 Å². The Balaban J connectivity index is 1.58. The second-order valence-corrected chi connectivity index (χ2v) is 7.38. The molecule has 0 unspecified atom stereocenters. The molecule has 6 nitrogen and oxygen atoms in total. The highest BCUT2D eigenvalue weighted by atomic mass is 32.1. The van der Waals surface area contributed by atoms with Gasteiger partial charge in [-0.05, 0) is 37.0 Å². The maximum Gasteiger partial charge on any atom is 0.220 e. The normalized spacial score (nSPS) is 16.5. The molecule has 0 bridgehead atoms. The molecule has 0 aliphatic carbocycles. The molecule has 3 aromatic rings. The summed E-state index contributed by atoms with van der Waals surface area (Å²) in [5, 5.41) is 11.6. The lowest BCUT2D eigenvalue weighted by atomic mass is 10.1. The Morgan fingerprint density at radius 2 is 1.81 bits per heavy atom. The van der Waals surface area contributed by atoms with Crippen molar-refractivity contribution in [3.63, 3.8) is 0 Å². The number of nitrogens with zero attached hydrogens (tertiary/aromatic N) is 6. The van der Waals surface area contributed by atoms with Gasteiger partial charge in [0.05, 0.1) is 12.9 Å². The highest BCUT2D eigenvalue weighted by Gasteiger charge is 2.16. The van der Waals surface area contributed by atoms with E-state index in [1.165, 1.54) is 10.8 Å². The highest BCUT2D eigenvalue weighted by molar-refractivity contribution is 7.71. The van der Waals surface area contributed by atoms with Gasteiger partial charge in [-0.2, -0.15) is 14.9 Å². The van der Waals surface area contributed by atoms with E-state index in [0.29, 0.717) is 11.4 Å². The van der Waals surface area contributed by atoms with Crippen LogP contribution in [0, 0.1) is 11.7 Å². The van der Waals surface area contributed by atoms with Crippen LogP contribution in [-0.4, -0.2) is 63.7 Å². The van der Waals surface area contributed by atoms with E-state index in [0.717, 1.165) is 37.6 Å². The molecule has 0 amide bonds. The average molecular weight is 381 g/mol. The van der Waals surface area contributed by atoms with E-state index in [9.17, 15) is 0 Å².